The molecular weight excluding hydrogens is 366 g/mol. The molecule has 2 aliphatic rings. The Balaban J connectivity index is 1.88. The van der Waals surface area contributed by atoms with Crippen LogP contribution in [0.2, 0.25) is 0 Å². The number of thioether (sulfide) groups is 1. The molecule has 140 valence electrons. The molecule has 6 nitrogen and oxygen atoms in total. The van der Waals surface area contributed by atoms with E-state index in [9.17, 15) is 4.79 Å². The van der Waals surface area contributed by atoms with E-state index in [1.165, 1.54) is 0 Å². The van der Waals surface area contributed by atoms with Gasteiger partial charge in [-0.25, -0.2) is 4.79 Å². The number of rotatable bonds is 4. The van der Waals surface area contributed by atoms with Crippen LogP contribution in [-0.2, 0) is 9.53 Å². The molecular formula is C20H19NO5S. The van der Waals surface area contributed by atoms with E-state index in [2.05, 4.69) is 5.32 Å². The van der Waals surface area contributed by atoms with E-state index in [1.807, 2.05) is 36.4 Å². The molecule has 1 N–H and O–H groups in total. The first-order chi connectivity index (χ1) is 13.2. The molecule has 0 fully saturated rings. The molecule has 1 atom stereocenters. The van der Waals surface area contributed by atoms with E-state index < -0.39 is 0 Å². The van der Waals surface area contributed by atoms with Gasteiger partial charge in [0.2, 0.25) is 5.75 Å². The number of fused-ring (bicyclic) bond motifs is 1. The number of esters is 1. The second kappa shape index (κ2) is 7.08. The first kappa shape index (κ1) is 17.6. The van der Waals surface area contributed by atoms with Crippen molar-refractivity contribution in [3.05, 3.63) is 53.2 Å². The molecule has 0 radical (unpaired) electrons. The molecule has 0 amide bonds. The number of carbonyl (C=O) groups is 1. The Labute approximate surface area is 161 Å². The Hall–Kier alpha value is -2.80. The number of cyclic esters (lactones) is 1. The SMILES string of the molecule is COc1cc([C@H]2Sc3ccccc3NC3=C2C(=O)OC3)cc(OC)c1OC. The Morgan fingerprint density at radius 3 is 2.44 bits per heavy atom. The molecule has 2 heterocycles. The fourth-order valence-corrected chi connectivity index (χ4v) is 4.58. The molecule has 2 aliphatic heterocycles. The lowest BCUT2D eigenvalue weighted by molar-refractivity contribution is -0.136. The van der Waals surface area contributed by atoms with Crippen molar-refractivity contribution in [1.82, 2.24) is 0 Å². The highest BCUT2D eigenvalue weighted by molar-refractivity contribution is 8.00. The monoisotopic (exact) mass is 385 g/mol. The number of benzene rings is 2. The molecule has 4 rings (SSSR count). The van der Waals surface area contributed by atoms with Gasteiger partial charge in [-0.05, 0) is 29.8 Å². The standard InChI is InChI=1S/C20H19NO5S/c1-23-14-8-11(9-15(24-2)18(14)25-3)19-17-13(10-26-20(17)22)21-12-6-4-5-7-16(12)27-19/h4-9,19,21H,10H2,1-3H3/t19-/m1/s1. The van der Waals surface area contributed by atoms with Crippen LogP contribution in [0.4, 0.5) is 5.69 Å². The molecule has 0 aliphatic carbocycles. The Morgan fingerprint density at radius 1 is 1.07 bits per heavy atom. The van der Waals surface area contributed by atoms with E-state index in [-0.39, 0.29) is 17.8 Å². The summed E-state index contributed by atoms with van der Waals surface area (Å²) in [5.41, 5.74) is 3.24. The van der Waals surface area contributed by atoms with Crippen LogP contribution in [0, 0.1) is 0 Å². The fourth-order valence-electron chi connectivity index (χ4n) is 3.29. The predicted molar refractivity (Wildman–Crippen MR) is 103 cm³/mol. The summed E-state index contributed by atoms with van der Waals surface area (Å²) >= 11 is 1.59. The lowest BCUT2D eigenvalue weighted by Crippen LogP contribution is -2.09. The third-order valence-electron chi connectivity index (χ3n) is 4.56. The van der Waals surface area contributed by atoms with Crippen LogP contribution in [0.15, 0.2) is 52.6 Å². The van der Waals surface area contributed by atoms with Gasteiger partial charge in [-0.3, -0.25) is 0 Å². The maximum Gasteiger partial charge on any atom is 0.337 e. The van der Waals surface area contributed by atoms with Crippen molar-refractivity contribution in [2.45, 2.75) is 10.1 Å². The van der Waals surface area contributed by atoms with Gasteiger partial charge in [0, 0.05) is 4.90 Å². The summed E-state index contributed by atoms with van der Waals surface area (Å²) in [7, 11) is 4.72. The van der Waals surface area contributed by atoms with Gasteiger partial charge in [-0.2, -0.15) is 0 Å². The Bertz CT molecular complexity index is 915. The number of ether oxygens (including phenoxy) is 4. The number of methoxy groups -OCH3 is 3. The van der Waals surface area contributed by atoms with Gasteiger partial charge in [-0.15, -0.1) is 11.8 Å². The highest BCUT2D eigenvalue weighted by atomic mass is 32.2. The third kappa shape index (κ3) is 2.98. The van der Waals surface area contributed by atoms with E-state index >= 15 is 0 Å². The predicted octanol–water partition coefficient (Wildman–Crippen LogP) is 3.78. The van der Waals surface area contributed by atoms with Crippen molar-refractivity contribution in [3.63, 3.8) is 0 Å². The quantitative estimate of drug-likeness (QED) is 0.804. The van der Waals surface area contributed by atoms with E-state index in [0.717, 1.165) is 21.8 Å². The van der Waals surface area contributed by atoms with Gasteiger partial charge in [0.15, 0.2) is 11.5 Å². The second-order valence-electron chi connectivity index (χ2n) is 6.05. The van der Waals surface area contributed by atoms with Crippen molar-refractivity contribution in [3.8, 4) is 17.2 Å². The van der Waals surface area contributed by atoms with E-state index in [4.69, 9.17) is 18.9 Å². The number of anilines is 1. The largest absolute Gasteiger partial charge is 0.493 e. The summed E-state index contributed by atoms with van der Waals surface area (Å²) in [5, 5.41) is 3.09. The maximum absolute atomic E-state index is 12.5. The highest BCUT2D eigenvalue weighted by Crippen LogP contribution is 2.51. The number of nitrogens with one attached hydrogen (secondary N) is 1. The molecule has 0 saturated heterocycles. The summed E-state index contributed by atoms with van der Waals surface area (Å²) in [6, 6.07) is 11.7. The van der Waals surface area contributed by atoms with Crippen LogP contribution in [0.3, 0.4) is 0 Å². The normalized spacial score (nSPS) is 18.0. The highest BCUT2D eigenvalue weighted by Gasteiger charge is 2.37. The average Bonchev–Trinajstić information content (AvgIpc) is 2.96. The zero-order chi connectivity index (χ0) is 19.0. The molecule has 0 unspecified atom stereocenters. The molecule has 0 aromatic heterocycles. The van der Waals surface area contributed by atoms with Gasteiger partial charge in [0.25, 0.3) is 0 Å². The summed E-state index contributed by atoms with van der Waals surface area (Å²) in [6.07, 6.45) is 0. The number of para-hydroxylation sites is 1. The minimum absolute atomic E-state index is 0.240. The van der Waals surface area contributed by atoms with Crippen LogP contribution >= 0.6 is 11.8 Å². The topological polar surface area (TPSA) is 66.0 Å². The first-order valence-electron chi connectivity index (χ1n) is 8.39. The van der Waals surface area contributed by atoms with Crippen molar-refractivity contribution in [1.29, 1.82) is 0 Å². The van der Waals surface area contributed by atoms with Crippen molar-refractivity contribution >= 4 is 23.4 Å². The van der Waals surface area contributed by atoms with Gasteiger partial charge in [0.1, 0.15) is 6.61 Å². The molecule has 2 aromatic rings. The number of hydrogen-bond donors (Lipinski definition) is 1. The number of hydrogen-bond acceptors (Lipinski definition) is 7. The molecule has 0 bridgehead atoms. The minimum atomic E-state index is -0.309. The Morgan fingerprint density at radius 2 is 1.78 bits per heavy atom. The van der Waals surface area contributed by atoms with Gasteiger partial charge in [-0.1, -0.05) is 12.1 Å². The summed E-state index contributed by atoms with van der Waals surface area (Å²) in [5.74, 6) is 1.30. The molecule has 27 heavy (non-hydrogen) atoms. The average molecular weight is 385 g/mol. The number of carbonyl (C=O) groups excluding carboxylic acids is 1. The Kier molecular flexibility index (Phi) is 4.61. The molecule has 0 saturated carbocycles. The van der Waals surface area contributed by atoms with Crippen LogP contribution < -0.4 is 19.5 Å². The summed E-state index contributed by atoms with van der Waals surface area (Å²) in [6.45, 7) is 0.240. The zero-order valence-corrected chi connectivity index (χ0v) is 16.0. The van der Waals surface area contributed by atoms with Gasteiger partial charge in [0.05, 0.1) is 43.5 Å². The fraction of sp³-hybridized carbons (Fsp3) is 0.250. The van der Waals surface area contributed by atoms with E-state index in [0.29, 0.717) is 22.8 Å². The second-order valence-corrected chi connectivity index (χ2v) is 7.19. The minimum Gasteiger partial charge on any atom is -0.493 e. The molecule has 2 aromatic carbocycles. The van der Waals surface area contributed by atoms with Crippen molar-refractivity contribution in [2.75, 3.05) is 33.3 Å². The van der Waals surface area contributed by atoms with Crippen LogP contribution in [0.1, 0.15) is 10.8 Å². The molecule has 0 spiro atoms. The van der Waals surface area contributed by atoms with Crippen molar-refractivity contribution in [2.24, 2.45) is 0 Å². The third-order valence-corrected chi connectivity index (χ3v) is 5.92. The lowest BCUT2D eigenvalue weighted by atomic mass is 10.0. The van der Waals surface area contributed by atoms with Crippen LogP contribution in [0.5, 0.6) is 17.2 Å². The summed E-state index contributed by atoms with van der Waals surface area (Å²) < 4.78 is 21.7. The van der Waals surface area contributed by atoms with Gasteiger partial charge >= 0.3 is 5.97 Å². The van der Waals surface area contributed by atoms with E-state index in [1.54, 1.807) is 33.1 Å². The van der Waals surface area contributed by atoms with Crippen molar-refractivity contribution < 1.29 is 23.7 Å². The first-order valence-corrected chi connectivity index (χ1v) is 9.27. The summed E-state index contributed by atoms with van der Waals surface area (Å²) in [4.78, 5) is 13.6. The molecule has 7 heteroatoms. The zero-order valence-electron chi connectivity index (χ0n) is 15.2. The maximum atomic E-state index is 12.5. The lowest BCUT2D eigenvalue weighted by Gasteiger charge is -2.20. The van der Waals surface area contributed by atoms with Crippen LogP contribution in [-0.4, -0.2) is 33.9 Å². The smallest absolute Gasteiger partial charge is 0.337 e. The van der Waals surface area contributed by atoms with Gasteiger partial charge < -0.3 is 24.3 Å². The van der Waals surface area contributed by atoms with Crippen LogP contribution in [0.25, 0.3) is 0 Å².